The van der Waals surface area contributed by atoms with Gasteiger partial charge in [0.15, 0.2) is 0 Å². The predicted molar refractivity (Wildman–Crippen MR) is 82.1 cm³/mol. The molecule has 21 heavy (non-hydrogen) atoms. The van der Waals surface area contributed by atoms with Crippen LogP contribution in [0.25, 0.3) is 0 Å². The molecular weight excluding hydrogens is 292 g/mol. The number of carbonyl (C=O) groups is 1. The zero-order valence-corrected chi connectivity index (χ0v) is 12.8. The maximum atomic E-state index is 10.5. The number of hydrogen-bond acceptors (Lipinski definition) is 4. The molecule has 1 aromatic rings. The molecule has 0 bridgehead atoms. The summed E-state index contributed by atoms with van der Waals surface area (Å²) < 4.78 is 5.68. The maximum Gasteiger partial charge on any atom is 0.304 e. The van der Waals surface area contributed by atoms with Gasteiger partial charge in [0.2, 0.25) is 0 Å². The quantitative estimate of drug-likeness (QED) is 0.832. The number of piperazine rings is 1. The lowest BCUT2D eigenvalue weighted by Gasteiger charge is -2.34. The molecule has 2 rings (SSSR count). The minimum atomic E-state index is -0.729. The van der Waals surface area contributed by atoms with E-state index in [2.05, 4.69) is 9.80 Å². The van der Waals surface area contributed by atoms with E-state index in [1.54, 1.807) is 0 Å². The molecule has 0 radical (unpaired) electrons. The Labute approximate surface area is 130 Å². The number of hydrogen-bond donors (Lipinski definition) is 1. The summed E-state index contributed by atoms with van der Waals surface area (Å²) in [4.78, 5) is 15.1. The van der Waals surface area contributed by atoms with E-state index >= 15 is 0 Å². The minimum Gasteiger partial charge on any atom is -0.492 e. The van der Waals surface area contributed by atoms with Gasteiger partial charge in [0.25, 0.3) is 0 Å². The van der Waals surface area contributed by atoms with Crippen molar-refractivity contribution in [2.24, 2.45) is 0 Å². The van der Waals surface area contributed by atoms with Crippen molar-refractivity contribution in [1.29, 1.82) is 0 Å². The predicted octanol–water partition coefficient (Wildman–Crippen LogP) is 1.81. The molecule has 5 nitrogen and oxygen atoms in total. The van der Waals surface area contributed by atoms with Gasteiger partial charge in [0, 0.05) is 44.3 Å². The Balaban J connectivity index is 1.61. The van der Waals surface area contributed by atoms with Crippen LogP contribution in [0, 0.1) is 0 Å². The fourth-order valence-electron chi connectivity index (χ4n) is 2.34. The fraction of sp³-hybridized carbons (Fsp3) is 0.533. The monoisotopic (exact) mass is 312 g/mol. The normalized spacial score (nSPS) is 16.8. The Morgan fingerprint density at radius 3 is 2.48 bits per heavy atom. The summed E-state index contributed by atoms with van der Waals surface area (Å²) in [7, 11) is 0. The zero-order chi connectivity index (χ0) is 15.1. The van der Waals surface area contributed by atoms with Crippen LogP contribution >= 0.6 is 11.6 Å². The van der Waals surface area contributed by atoms with Crippen LogP contribution in [-0.4, -0.2) is 66.8 Å². The Morgan fingerprint density at radius 2 is 1.86 bits per heavy atom. The first-order valence-corrected chi connectivity index (χ1v) is 7.56. The van der Waals surface area contributed by atoms with E-state index in [0.29, 0.717) is 18.2 Å². The Bertz CT molecular complexity index is 462. The standard InChI is InChI=1S/C15H21ClN2O3/c16-13-2-1-3-14(12-13)21-11-10-18-8-6-17(7-9-18)5-4-15(19)20/h1-3,12H,4-11H2,(H,19,20). The van der Waals surface area contributed by atoms with Crippen LogP contribution in [0.5, 0.6) is 5.75 Å². The zero-order valence-electron chi connectivity index (χ0n) is 12.0. The van der Waals surface area contributed by atoms with E-state index in [1.807, 2.05) is 24.3 Å². The highest BCUT2D eigenvalue weighted by Crippen LogP contribution is 2.17. The van der Waals surface area contributed by atoms with Crippen LogP contribution in [0.2, 0.25) is 5.02 Å². The van der Waals surface area contributed by atoms with Gasteiger partial charge in [-0.2, -0.15) is 0 Å². The summed E-state index contributed by atoms with van der Waals surface area (Å²) in [5.74, 6) is 0.0648. The third-order valence-electron chi connectivity index (χ3n) is 3.58. The van der Waals surface area contributed by atoms with Crippen molar-refractivity contribution < 1.29 is 14.6 Å². The molecule has 1 N–H and O–H groups in total. The molecule has 1 heterocycles. The van der Waals surface area contributed by atoms with Crippen LogP contribution in [0.15, 0.2) is 24.3 Å². The van der Waals surface area contributed by atoms with Crippen molar-refractivity contribution in [3.63, 3.8) is 0 Å². The second-order valence-electron chi connectivity index (χ2n) is 5.13. The molecule has 0 unspecified atom stereocenters. The molecule has 6 heteroatoms. The lowest BCUT2D eigenvalue weighted by Crippen LogP contribution is -2.47. The van der Waals surface area contributed by atoms with Gasteiger partial charge in [-0.1, -0.05) is 17.7 Å². The number of ether oxygens (including phenoxy) is 1. The number of aliphatic carboxylic acids is 1. The highest BCUT2D eigenvalue weighted by Gasteiger charge is 2.17. The van der Waals surface area contributed by atoms with E-state index in [0.717, 1.165) is 38.5 Å². The summed E-state index contributed by atoms with van der Waals surface area (Å²) in [6.07, 6.45) is 0.220. The summed E-state index contributed by atoms with van der Waals surface area (Å²) in [6, 6.07) is 7.41. The van der Waals surface area contributed by atoms with E-state index < -0.39 is 5.97 Å². The molecule has 0 saturated carbocycles. The SMILES string of the molecule is O=C(O)CCN1CCN(CCOc2cccc(Cl)c2)CC1. The van der Waals surface area contributed by atoms with E-state index in [-0.39, 0.29) is 6.42 Å². The average Bonchev–Trinajstić information content (AvgIpc) is 2.46. The van der Waals surface area contributed by atoms with Gasteiger partial charge in [-0.05, 0) is 18.2 Å². The van der Waals surface area contributed by atoms with Crippen molar-refractivity contribution in [3.05, 3.63) is 29.3 Å². The summed E-state index contributed by atoms with van der Waals surface area (Å²) in [5, 5.41) is 9.36. The molecule has 1 aromatic carbocycles. The van der Waals surface area contributed by atoms with Gasteiger partial charge in [-0.15, -0.1) is 0 Å². The number of benzene rings is 1. The van der Waals surface area contributed by atoms with E-state index in [4.69, 9.17) is 21.4 Å². The van der Waals surface area contributed by atoms with E-state index in [9.17, 15) is 4.79 Å². The van der Waals surface area contributed by atoms with Gasteiger partial charge in [0.05, 0.1) is 6.42 Å². The van der Waals surface area contributed by atoms with Crippen LogP contribution in [-0.2, 0) is 4.79 Å². The molecule has 1 aliphatic heterocycles. The van der Waals surface area contributed by atoms with Crippen LogP contribution in [0.3, 0.4) is 0 Å². The number of halogens is 1. The molecule has 0 atom stereocenters. The Morgan fingerprint density at radius 1 is 1.19 bits per heavy atom. The second-order valence-corrected chi connectivity index (χ2v) is 5.57. The minimum absolute atomic E-state index is 0.220. The fourth-order valence-corrected chi connectivity index (χ4v) is 2.52. The topological polar surface area (TPSA) is 53.0 Å². The van der Waals surface area contributed by atoms with Gasteiger partial charge >= 0.3 is 5.97 Å². The molecule has 0 spiro atoms. The van der Waals surface area contributed by atoms with Crippen molar-refractivity contribution in [2.75, 3.05) is 45.9 Å². The average molecular weight is 313 g/mol. The van der Waals surface area contributed by atoms with Gasteiger partial charge in [0.1, 0.15) is 12.4 Å². The number of rotatable bonds is 7. The third-order valence-corrected chi connectivity index (χ3v) is 3.81. The molecule has 1 fully saturated rings. The maximum absolute atomic E-state index is 10.5. The summed E-state index contributed by atoms with van der Waals surface area (Å²) in [6.45, 7) is 5.91. The van der Waals surface area contributed by atoms with Crippen molar-refractivity contribution >= 4 is 17.6 Å². The van der Waals surface area contributed by atoms with E-state index in [1.165, 1.54) is 0 Å². The summed E-state index contributed by atoms with van der Waals surface area (Å²) >= 11 is 5.90. The highest BCUT2D eigenvalue weighted by atomic mass is 35.5. The first-order valence-electron chi connectivity index (χ1n) is 7.18. The third kappa shape index (κ3) is 5.91. The van der Waals surface area contributed by atoms with Crippen molar-refractivity contribution in [1.82, 2.24) is 9.80 Å². The number of carboxylic acids is 1. The molecular formula is C15H21ClN2O3. The molecule has 1 saturated heterocycles. The molecule has 0 aromatic heterocycles. The largest absolute Gasteiger partial charge is 0.492 e. The number of carboxylic acid groups (broad SMARTS) is 1. The first-order chi connectivity index (χ1) is 10.1. The lowest BCUT2D eigenvalue weighted by molar-refractivity contribution is -0.137. The molecule has 0 aliphatic carbocycles. The van der Waals surface area contributed by atoms with Crippen LogP contribution in [0.4, 0.5) is 0 Å². The Kier molecular flexibility index (Phi) is 6.29. The highest BCUT2D eigenvalue weighted by molar-refractivity contribution is 6.30. The molecule has 0 amide bonds. The Hall–Kier alpha value is -1.30. The number of nitrogens with zero attached hydrogens (tertiary/aromatic N) is 2. The first kappa shape index (κ1) is 16.1. The molecule has 1 aliphatic rings. The lowest BCUT2D eigenvalue weighted by atomic mass is 10.3. The second kappa shape index (κ2) is 8.22. The van der Waals surface area contributed by atoms with Gasteiger partial charge in [-0.25, -0.2) is 0 Å². The van der Waals surface area contributed by atoms with Crippen molar-refractivity contribution in [2.45, 2.75) is 6.42 Å². The van der Waals surface area contributed by atoms with Gasteiger partial charge in [-0.3, -0.25) is 9.69 Å². The van der Waals surface area contributed by atoms with Crippen LogP contribution in [0.1, 0.15) is 6.42 Å². The summed E-state index contributed by atoms with van der Waals surface area (Å²) in [5.41, 5.74) is 0. The van der Waals surface area contributed by atoms with Crippen LogP contribution < -0.4 is 4.74 Å². The van der Waals surface area contributed by atoms with Crippen molar-refractivity contribution in [3.8, 4) is 5.75 Å². The molecule has 116 valence electrons. The van der Waals surface area contributed by atoms with Gasteiger partial charge < -0.3 is 14.7 Å². The smallest absolute Gasteiger partial charge is 0.304 e.